The van der Waals surface area contributed by atoms with Gasteiger partial charge in [0.05, 0.1) is 6.54 Å². The third-order valence-corrected chi connectivity index (χ3v) is 3.73. The van der Waals surface area contributed by atoms with Crippen molar-refractivity contribution in [1.29, 1.82) is 0 Å². The smallest absolute Gasteiger partial charge is 0.244 e. The fourth-order valence-corrected chi connectivity index (χ4v) is 2.36. The van der Waals surface area contributed by atoms with Gasteiger partial charge in [0.1, 0.15) is 0 Å². The Labute approximate surface area is 150 Å². The lowest BCUT2D eigenvalue weighted by atomic mass is 10.2. The van der Waals surface area contributed by atoms with Crippen LogP contribution in [0.3, 0.4) is 0 Å². The second kappa shape index (κ2) is 9.11. The van der Waals surface area contributed by atoms with Gasteiger partial charge in [-0.2, -0.15) is 0 Å². The monoisotopic (exact) mass is 362 g/mol. The van der Waals surface area contributed by atoms with E-state index in [0.717, 1.165) is 11.1 Å². The first kappa shape index (κ1) is 18.0. The van der Waals surface area contributed by atoms with E-state index in [4.69, 9.17) is 23.2 Å². The minimum absolute atomic E-state index is 0.108. The number of rotatable bonds is 6. The average Bonchev–Trinajstić information content (AvgIpc) is 2.58. The molecule has 0 heterocycles. The maximum atomic E-state index is 11.8. The topological polar surface area (TPSA) is 58.2 Å². The van der Waals surface area contributed by atoms with E-state index in [1.165, 1.54) is 6.08 Å². The number of halogens is 2. The number of carbonyl (C=O) groups is 2. The van der Waals surface area contributed by atoms with Crippen molar-refractivity contribution in [3.8, 4) is 0 Å². The number of benzene rings is 2. The van der Waals surface area contributed by atoms with Crippen LogP contribution in [0.25, 0.3) is 6.08 Å². The van der Waals surface area contributed by atoms with E-state index >= 15 is 0 Å². The molecule has 0 radical (unpaired) electrons. The largest absolute Gasteiger partial charge is 0.350 e. The molecule has 0 aliphatic rings. The zero-order valence-electron chi connectivity index (χ0n) is 12.8. The van der Waals surface area contributed by atoms with Gasteiger partial charge in [0, 0.05) is 22.7 Å². The van der Waals surface area contributed by atoms with Gasteiger partial charge in [0.25, 0.3) is 0 Å². The van der Waals surface area contributed by atoms with Gasteiger partial charge in [0.2, 0.25) is 11.8 Å². The van der Waals surface area contributed by atoms with Gasteiger partial charge in [-0.05, 0) is 29.3 Å². The minimum Gasteiger partial charge on any atom is -0.350 e. The Bertz CT molecular complexity index is 746. The first-order valence-corrected chi connectivity index (χ1v) is 8.02. The van der Waals surface area contributed by atoms with Crippen molar-refractivity contribution >= 4 is 41.1 Å². The third kappa shape index (κ3) is 6.07. The van der Waals surface area contributed by atoms with E-state index in [0.29, 0.717) is 10.0 Å². The standard InChI is InChI=1S/C18H16Cl2N2O2/c19-15-8-7-14(16(20)10-15)11-21-18(24)12-22-17(23)9-6-13-4-2-1-3-5-13/h1-10H,11-12H2,(H,21,24)(H,22,23)/b9-6+. The van der Waals surface area contributed by atoms with Crippen LogP contribution in [-0.4, -0.2) is 18.4 Å². The zero-order chi connectivity index (χ0) is 17.4. The highest BCUT2D eigenvalue weighted by Gasteiger charge is 2.05. The molecular weight excluding hydrogens is 347 g/mol. The van der Waals surface area contributed by atoms with Crippen LogP contribution >= 0.6 is 23.2 Å². The number of hydrogen-bond donors (Lipinski definition) is 2. The summed E-state index contributed by atoms with van der Waals surface area (Å²) in [6, 6.07) is 14.5. The van der Waals surface area contributed by atoms with E-state index < -0.39 is 0 Å². The lowest BCUT2D eigenvalue weighted by molar-refractivity contribution is -0.124. The fraction of sp³-hybridized carbons (Fsp3) is 0.111. The third-order valence-electron chi connectivity index (χ3n) is 3.14. The highest BCUT2D eigenvalue weighted by Crippen LogP contribution is 2.20. The SMILES string of the molecule is O=C(/C=C/c1ccccc1)NCC(=O)NCc1ccc(Cl)cc1Cl. The summed E-state index contributed by atoms with van der Waals surface area (Å²) in [5.74, 6) is -0.638. The summed E-state index contributed by atoms with van der Waals surface area (Å²) in [5, 5.41) is 6.22. The average molecular weight is 363 g/mol. The van der Waals surface area contributed by atoms with Gasteiger partial charge in [0.15, 0.2) is 0 Å². The number of hydrogen-bond acceptors (Lipinski definition) is 2. The second-order valence-corrected chi connectivity index (χ2v) is 5.82. The molecule has 0 spiro atoms. The molecule has 2 aromatic rings. The van der Waals surface area contributed by atoms with E-state index in [9.17, 15) is 9.59 Å². The normalized spacial score (nSPS) is 10.6. The van der Waals surface area contributed by atoms with Crippen molar-refractivity contribution < 1.29 is 9.59 Å². The highest BCUT2D eigenvalue weighted by molar-refractivity contribution is 6.35. The molecule has 0 saturated heterocycles. The fourth-order valence-electron chi connectivity index (χ4n) is 1.88. The van der Waals surface area contributed by atoms with Gasteiger partial charge in [-0.1, -0.05) is 59.6 Å². The summed E-state index contributed by atoms with van der Waals surface area (Å²) < 4.78 is 0. The van der Waals surface area contributed by atoms with E-state index in [1.807, 2.05) is 30.3 Å². The second-order valence-electron chi connectivity index (χ2n) is 4.97. The Morgan fingerprint density at radius 3 is 2.46 bits per heavy atom. The summed E-state index contributed by atoms with van der Waals surface area (Å²) >= 11 is 11.8. The number of nitrogens with one attached hydrogen (secondary N) is 2. The van der Waals surface area contributed by atoms with Crippen molar-refractivity contribution in [3.63, 3.8) is 0 Å². The first-order chi connectivity index (χ1) is 11.5. The predicted octanol–water partition coefficient (Wildman–Crippen LogP) is 3.44. The van der Waals surface area contributed by atoms with Crippen molar-refractivity contribution in [2.45, 2.75) is 6.54 Å². The summed E-state index contributed by atoms with van der Waals surface area (Å²) in [7, 11) is 0. The molecule has 4 nitrogen and oxygen atoms in total. The van der Waals surface area contributed by atoms with Crippen molar-refractivity contribution in [1.82, 2.24) is 10.6 Å². The highest BCUT2D eigenvalue weighted by atomic mass is 35.5. The molecular formula is C18H16Cl2N2O2. The van der Waals surface area contributed by atoms with Gasteiger partial charge in [-0.25, -0.2) is 0 Å². The van der Waals surface area contributed by atoms with Crippen LogP contribution in [0.15, 0.2) is 54.6 Å². The molecule has 6 heteroatoms. The van der Waals surface area contributed by atoms with Gasteiger partial charge < -0.3 is 10.6 Å². The molecule has 2 rings (SSSR count). The Morgan fingerprint density at radius 2 is 1.75 bits per heavy atom. The van der Waals surface area contributed by atoms with Crippen LogP contribution in [0.4, 0.5) is 0 Å². The maximum Gasteiger partial charge on any atom is 0.244 e. The van der Waals surface area contributed by atoms with Crippen LogP contribution < -0.4 is 10.6 Å². The molecule has 0 saturated carbocycles. The lowest BCUT2D eigenvalue weighted by Gasteiger charge is -2.07. The molecule has 0 bridgehead atoms. The summed E-state index contributed by atoms with van der Waals surface area (Å²) in [6.07, 6.45) is 3.07. The molecule has 2 aromatic carbocycles. The van der Waals surface area contributed by atoms with Crippen LogP contribution in [0.1, 0.15) is 11.1 Å². The van der Waals surface area contributed by atoms with E-state index in [-0.39, 0.29) is 24.9 Å². The quantitative estimate of drug-likeness (QED) is 0.773. The molecule has 2 N–H and O–H groups in total. The van der Waals surface area contributed by atoms with Crippen molar-refractivity contribution in [3.05, 3.63) is 75.8 Å². The molecule has 0 unspecified atom stereocenters. The summed E-state index contributed by atoms with van der Waals surface area (Å²) in [4.78, 5) is 23.4. The van der Waals surface area contributed by atoms with Crippen LogP contribution in [0, 0.1) is 0 Å². The molecule has 0 fully saturated rings. The molecule has 0 aromatic heterocycles. The van der Waals surface area contributed by atoms with E-state index in [1.54, 1.807) is 24.3 Å². The Morgan fingerprint density at radius 1 is 1.00 bits per heavy atom. The number of amides is 2. The zero-order valence-corrected chi connectivity index (χ0v) is 14.3. The molecule has 0 aliphatic heterocycles. The van der Waals surface area contributed by atoms with Crippen molar-refractivity contribution in [2.75, 3.05) is 6.54 Å². The van der Waals surface area contributed by atoms with Gasteiger partial charge in [-0.3, -0.25) is 9.59 Å². The van der Waals surface area contributed by atoms with Crippen LogP contribution in [0.5, 0.6) is 0 Å². The van der Waals surface area contributed by atoms with Gasteiger partial charge >= 0.3 is 0 Å². The Kier molecular flexibility index (Phi) is 6.85. The summed E-state index contributed by atoms with van der Waals surface area (Å²) in [6.45, 7) is 0.160. The molecule has 24 heavy (non-hydrogen) atoms. The van der Waals surface area contributed by atoms with Crippen molar-refractivity contribution in [2.24, 2.45) is 0 Å². The lowest BCUT2D eigenvalue weighted by Crippen LogP contribution is -2.35. The van der Waals surface area contributed by atoms with Crippen LogP contribution in [0.2, 0.25) is 10.0 Å². The molecule has 124 valence electrons. The minimum atomic E-state index is -0.335. The maximum absolute atomic E-state index is 11.8. The Hall–Kier alpha value is -2.30. The summed E-state index contributed by atoms with van der Waals surface area (Å²) in [5.41, 5.74) is 1.67. The number of carbonyl (C=O) groups excluding carboxylic acids is 2. The predicted molar refractivity (Wildman–Crippen MR) is 96.8 cm³/mol. The Balaban J connectivity index is 1.74. The van der Waals surface area contributed by atoms with Crippen LogP contribution in [-0.2, 0) is 16.1 Å². The molecule has 2 amide bonds. The van der Waals surface area contributed by atoms with Gasteiger partial charge in [-0.15, -0.1) is 0 Å². The molecule has 0 aliphatic carbocycles. The first-order valence-electron chi connectivity index (χ1n) is 7.26. The van der Waals surface area contributed by atoms with E-state index in [2.05, 4.69) is 10.6 Å². The molecule has 0 atom stereocenters.